The third-order valence-electron chi connectivity index (χ3n) is 5.61. The van der Waals surface area contributed by atoms with E-state index in [4.69, 9.17) is 16.3 Å². The number of ether oxygens (including phenoxy) is 1. The van der Waals surface area contributed by atoms with E-state index in [9.17, 15) is 4.79 Å². The molecule has 4 rings (SSSR count). The van der Waals surface area contributed by atoms with Gasteiger partial charge in [0.1, 0.15) is 11.5 Å². The fraction of sp³-hybridized carbons (Fsp3) is 0.269. The van der Waals surface area contributed by atoms with Gasteiger partial charge in [0.2, 0.25) is 5.91 Å². The van der Waals surface area contributed by atoms with Crippen LogP contribution in [-0.2, 0) is 17.6 Å². The van der Waals surface area contributed by atoms with Crippen LogP contribution in [0.5, 0.6) is 11.5 Å². The van der Waals surface area contributed by atoms with E-state index in [1.165, 1.54) is 5.56 Å². The SMILES string of the molecule is O=C(CCc1ccccc1Oc1ccc(Cl)cc1)N1CCNC[C@H]1Cc1ccccc1. The first-order valence-corrected chi connectivity index (χ1v) is 11.1. The minimum absolute atomic E-state index is 0.184. The monoisotopic (exact) mass is 434 g/mol. The molecule has 1 fully saturated rings. The first-order valence-electron chi connectivity index (χ1n) is 10.7. The van der Waals surface area contributed by atoms with Crippen molar-refractivity contribution in [3.63, 3.8) is 0 Å². The van der Waals surface area contributed by atoms with Gasteiger partial charge >= 0.3 is 0 Å². The standard InChI is InChI=1S/C26H27ClN2O2/c27-22-11-13-24(14-12-22)31-25-9-5-4-8-21(25)10-15-26(30)29-17-16-28-19-23(29)18-20-6-2-1-3-7-20/h1-9,11-14,23,28H,10,15-19H2/t23-/m1/s1. The number of halogens is 1. The van der Waals surface area contributed by atoms with Gasteiger partial charge in [0.05, 0.1) is 0 Å². The second kappa shape index (κ2) is 10.5. The first-order chi connectivity index (χ1) is 15.2. The summed E-state index contributed by atoms with van der Waals surface area (Å²) in [6.07, 6.45) is 1.98. The lowest BCUT2D eigenvalue weighted by molar-refractivity contribution is -0.134. The Balaban J connectivity index is 1.40. The van der Waals surface area contributed by atoms with Crippen LogP contribution in [0.4, 0.5) is 0 Å². The van der Waals surface area contributed by atoms with Gasteiger partial charge in [0.15, 0.2) is 0 Å². The molecular weight excluding hydrogens is 408 g/mol. The fourth-order valence-electron chi connectivity index (χ4n) is 3.98. The molecule has 1 heterocycles. The van der Waals surface area contributed by atoms with Crippen molar-refractivity contribution >= 4 is 17.5 Å². The number of amides is 1. The second-order valence-electron chi connectivity index (χ2n) is 7.80. The summed E-state index contributed by atoms with van der Waals surface area (Å²) < 4.78 is 6.05. The summed E-state index contributed by atoms with van der Waals surface area (Å²) in [4.78, 5) is 15.2. The molecule has 1 atom stereocenters. The number of carbonyl (C=O) groups is 1. The molecule has 1 aliphatic heterocycles. The van der Waals surface area contributed by atoms with Crippen LogP contribution in [0.15, 0.2) is 78.9 Å². The first kappa shape index (κ1) is 21.4. The molecule has 0 spiro atoms. The molecule has 1 amide bonds. The van der Waals surface area contributed by atoms with Gasteiger partial charge < -0.3 is 15.0 Å². The summed E-state index contributed by atoms with van der Waals surface area (Å²) in [5.74, 6) is 1.70. The van der Waals surface area contributed by atoms with E-state index in [-0.39, 0.29) is 11.9 Å². The van der Waals surface area contributed by atoms with E-state index in [1.807, 2.05) is 47.4 Å². The quantitative estimate of drug-likeness (QED) is 0.562. The molecule has 160 valence electrons. The highest BCUT2D eigenvalue weighted by atomic mass is 35.5. The van der Waals surface area contributed by atoms with Crippen molar-refractivity contribution in [3.05, 3.63) is 95.0 Å². The fourth-order valence-corrected chi connectivity index (χ4v) is 4.11. The van der Waals surface area contributed by atoms with Crippen molar-refractivity contribution in [2.75, 3.05) is 19.6 Å². The normalized spacial score (nSPS) is 16.2. The highest BCUT2D eigenvalue weighted by Gasteiger charge is 2.26. The molecule has 1 aliphatic rings. The molecule has 4 nitrogen and oxygen atoms in total. The number of piperazine rings is 1. The van der Waals surface area contributed by atoms with E-state index >= 15 is 0 Å². The van der Waals surface area contributed by atoms with Crippen LogP contribution in [0, 0.1) is 0 Å². The van der Waals surface area contributed by atoms with Gasteiger partial charge in [0, 0.05) is 37.1 Å². The maximum atomic E-state index is 13.1. The van der Waals surface area contributed by atoms with Crippen molar-refractivity contribution in [2.24, 2.45) is 0 Å². The maximum absolute atomic E-state index is 13.1. The summed E-state index contributed by atoms with van der Waals surface area (Å²) in [6, 6.07) is 25.8. The Morgan fingerprint density at radius 2 is 1.74 bits per heavy atom. The predicted octanol–water partition coefficient (Wildman–Crippen LogP) is 5.11. The van der Waals surface area contributed by atoms with Crippen LogP contribution in [0.1, 0.15) is 17.5 Å². The number of nitrogens with zero attached hydrogens (tertiary/aromatic N) is 1. The number of hydrogen-bond acceptors (Lipinski definition) is 3. The van der Waals surface area contributed by atoms with E-state index in [1.54, 1.807) is 12.1 Å². The lowest BCUT2D eigenvalue weighted by Gasteiger charge is -2.36. The van der Waals surface area contributed by atoms with Gasteiger partial charge in [-0.05, 0) is 54.3 Å². The molecule has 1 N–H and O–H groups in total. The number of rotatable bonds is 7. The van der Waals surface area contributed by atoms with E-state index in [0.29, 0.717) is 17.9 Å². The molecule has 0 radical (unpaired) electrons. The van der Waals surface area contributed by atoms with Crippen LogP contribution < -0.4 is 10.1 Å². The van der Waals surface area contributed by atoms with Crippen LogP contribution >= 0.6 is 11.6 Å². The van der Waals surface area contributed by atoms with Gasteiger partial charge in [-0.15, -0.1) is 0 Å². The predicted molar refractivity (Wildman–Crippen MR) is 125 cm³/mol. The molecule has 0 saturated carbocycles. The summed E-state index contributed by atoms with van der Waals surface area (Å²) in [5.41, 5.74) is 2.29. The Morgan fingerprint density at radius 3 is 2.55 bits per heavy atom. The lowest BCUT2D eigenvalue weighted by atomic mass is 10.0. The summed E-state index contributed by atoms with van der Waals surface area (Å²) in [6.45, 7) is 2.42. The largest absolute Gasteiger partial charge is 0.457 e. The number of benzene rings is 3. The third kappa shape index (κ3) is 5.87. The average Bonchev–Trinajstić information content (AvgIpc) is 2.81. The van der Waals surface area contributed by atoms with E-state index < -0.39 is 0 Å². The van der Waals surface area contributed by atoms with Crippen molar-refractivity contribution < 1.29 is 9.53 Å². The minimum Gasteiger partial charge on any atom is -0.457 e. The van der Waals surface area contributed by atoms with Crippen molar-refractivity contribution in [1.82, 2.24) is 10.2 Å². The van der Waals surface area contributed by atoms with Crippen molar-refractivity contribution in [1.29, 1.82) is 0 Å². The van der Waals surface area contributed by atoms with Crippen LogP contribution in [-0.4, -0.2) is 36.5 Å². The minimum atomic E-state index is 0.184. The number of nitrogens with one attached hydrogen (secondary N) is 1. The Kier molecular flexibility index (Phi) is 7.23. The van der Waals surface area contributed by atoms with Gasteiger partial charge in [0.25, 0.3) is 0 Å². The maximum Gasteiger partial charge on any atom is 0.223 e. The van der Waals surface area contributed by atoms with Gasteiger partial charge in [-0.3, -0.25) is 4.79 Å². The van der Waals surface area contributed by atoms with Gasteiger partial charge in [-0.1, -0.05) is 60.1 Å². The van der Waals surface area contributed by atoms with Crippen LogP contribution in [0.2, 0.25) is 5.02 Å². The molecule has 1 saturated heterocycles. The van der Waals surface area contributed by atoms with Crippen molar-refractivity contribution in [2.45, 2.75) is 25.3 Å². The van der Waals surface area contributed by atoms with Gasteiger partial charge in [-0.25, -0.2) is 0 Å². The molecule has 31 heavy (non-hydrogen) atoms. The molecule has 0 unspecified atom stereocenters. The van der Waals surface area contributed by atoms with E-state index in [0.717, 1.165) is 43.1 Å². The molecule has 5 heteroatoms. The smallest absolute Gasteiger partial charge is 0.223 e. The molecule has 0 aliphatic carbocycles. The number of para-hydroxylation sites is 1. The zero-order valence-electron chi connectivity index (χ0n) is 17.5. The second-order valence-corrected chi connectivity index (χ2v) is 8.23. The number of hydrogen-bond donors (Lipinski definition) is 1. The Bertz CT molecular complexity index is 992. The third-order valence-corrected chi connectivity index (χ3v) is 5.86. The Morgan fingerprint density at radius 1 is 1.00 bits per heavy atom. The Hall–Kier alpha value is -2.82. The molecule has 3 aromatic rings. The lowest BCUT2D eigenvalue weighted by Crippen LogP contribution is -2.54. The topological polar surface area (TPSA) is 41.6 Å². The Labute approximate surface area is 188 Å². The number of aryl methyl sites for hydroxylation is 1. The van der Waals surface area contributed by atoms with Gasteiger partial charge in [-0.2, -0.15) is 0 Å². The molecular formula is C26H27ClN2O2. The van der Waals surface area contributed by atoms with Crippen molar-refractivity contribution in [3.8, 4) is 11.5 Å². The molecule has 0 bridgehead atoms. The van der Waals surface area contributed by atoms with Crippen LogP contribution in [0.25, 0.3) is 0 Å². The summed E-state index contributed by atoms with van der Waals surface area (Å²) in [7, 11) is 0. The summed E-state index contributed by atoms with van der Waals surface area (Å²) >= 11 is 5.96. The summed E-state index contributed by atoms with van der Waals surface area (Å²) in [5, 5.41) is 4.10. The van der Waals surface area contributed by atoms with E-state index in [2.05, 4.69) is 29.6 Å². The number of carbonyl (C=O) groups excluding carboxylic acids is 1. The molecule has 3 aromatic carbocycles. The average molecular weight is 435 g/mol. The molecule has 0 aromatic heterocycles. The zero-order valence-corrected chi connectivity index (χ0v) is 18.2. The zero-order chi connectivity index (χ0) is 21.5. The van der Waals surface area contributed by atoms with Crippen LogP contribution in [0.3, 0.4) is 0 Å². The highest BCUT2D eigenvalue weighted by Crippen LogP contribution is 2.27. The highest BCUT2D eigenvalue weighted by molar-refractivity contribution is 6.30.